The topological polar surface area (TPSA) is 12.5 Å². The number of piperidine rings is 1. The van der Waals surface area contributed by atoms with Gasteiger partial charge in [-0.05, 0) is 18.8 Å². The largest absolute Gasteiger partial charge is 0.271 e. The Balaban J connectivity index is 2.16. The van der Waals surface area contributed by atoms with Crippen molar-refractivity contribution in [3.05, 3.63) is 0 Å². The van der Waals surface area contributed by atoms with Crippen LogP contribution >= 0.6 is 24.4 Å². The molecule has 0 aromatic rings. The minimum Gasteiger partial charge on any atom is -0.271 e. The normalized spacial score (nSPS) is 33.1. The third-order valence-electron chi connectivity index (χ3n) is 3.27. The molecule has 2 fully saturated rings. The van der Waals surface area contributed by atoms with Gasteiger partial charge in [0.2, 0.25) is 0 Å². The zero-order chi connectivity index (χ0) is 10.1. The van der Waals surface area contributed by atoms with Crippen molar-refractivity contribution in [1.82, 2.24) is 5.06 Å². The lowest BCUT2D eigenvalue weighted by Gasteiger charge is -2.41. The van der Waals surface area contributed by atoms with Crippen LogP contribution in [0, 0.1) is 11.8 Å². The second kappa shape index (κ2) is 4.21. The van der Waals surface area contributed by atoms with Gasteiger partial charge in [-0.15, -0.1) is 0 Å². The van der Waals surface area contributed by atoms with Crippen molar-refractivity contribution in [2.75, 3.05) is 7.11 Å². The molecular formula is C10H15NOS2. The highest BCUT2D eigenvalue weighted by Crippen LogP contribution is 2.38. The number of hydrogen-bond acceptors (Lipinski definition) is 3. The van der Waals surface area contributed by atoms with E-state index in [-0.39, 0.29) is 0 Å². The van der Waals surface area contributed by atoms with E-state index in [9.17, 15) is 0 Å². The van der Waals surface area contributed by atoms with Gasteiger partial charge in [-0.3, -0.25) is 4.84 Å². The van der Waals surface area contributed by atoms with Crippen LogP contribution in [0.3, 0.4) is 0 Å². The summed E-state index contributed by atoms with van der Waals surface area (Å²) >= 11 is 10.7. The van der Waals surface area contributed by atoms with E-state index in [1.165, 1.54) is 25.7 Å². The molecule has 0 N–H and O–H groups in total. The summed E-state index contributed by atoms with van der Waals surface area (Å²) in [5.74, 6) is 1.22. The Morgan fingerprint density at radius 2 is 2.00 bits per heavy atom. The molecule has 78 valence electrons. The summed E-state index contributed by atoms with van der Waals surface area (Å²) in [7, 11) is 1.64. The van der Waals surface area contributed by atoms with Crippen LogP contribution in [0.4, 0.5) is 0 Å². The van der Waals surface area contributed by atoms with Crippen molar-refractivity contribution >= 4 is 34.4 Å². The maximum atomic E-state index is 5.41. The molecule has 1 aliphatic heterocycles. The van der Waals surface area contributed by atoms with Crippen LogP contribution in [-0.4, -0.2) is 22.2 Å². The van der Waals surface area contributed by atoms with Gasteiger partial charge in [0.1, 0.15) is 9.98 Å². The summed E-state index contributed by atoms with van der Waals surface area (Å²) < 4.78 is 0. The molecule has 0 aromatic carbocycles. The Morgan fingerprint density at radius 1 is 1.29 bits per heavy atom. The predicted octanol–water partition coefficient (Wildman–Crippen LogP) is 2.71. The standard InChI is InChI=1S/C10H15NOS2/c1-12-11-9(13)6-7-4-2-3-5-8(7)10(11)14/h7-8H,2-6H2,1H3. The Bertz CT molecular complexity index is 267. The van der Waals surface area contributed by atoms with E-state index in [2.05, 4.69) is 0 Å². The van der Waals surface area contributed by atoms with Crippen LogP contribution in [0.15, 0.2) is 0 Å². The van der Waals surface area contributed by atoms with E-state index in [1.54, 1.807) is 12.2 Å². The quantitative estimate of drug-likeness (QED) is 0.641. The van der Waals surface area contributed by atoms with Crippen molar-refractivity contribution < 1.29 is 4.84 Å². The van der Waals surface area contributed by atoms with Gasteiger partial charge in [-0.25, -0.2) is 5.06 Å². The minimum absolute atomic E-state index is 0.533. The average Bonchev–Trinajstić information content (AvgIpc) is 2.18. The predicted molar refractivity (Wildman–Crippen MR) is 64.1 cm³/mol. The molecule has 4 heteroatoms. The van der Waals surface area contributed by atoms with Gasteiger partial charge in [0.15, 0.2) is 0 Å². The van der Waals surface area contributed by atoms with E-state index in [0.717, 1.165) is 16.4 Å². The smallest absolute Gasteiger partial charge is 0.113 e. The highest BCUT2D eigenvalue weighted by atomic mass is 32.1. The number of fused-ring (bicyclic) bond motifs is 1. The van der Waals surface area contributed by atoms with E-state index in [4.69, 9.17) is 29.3 Å². The van der Waals surface area contributed by atoms with Crippen molar-refractivity contribution in [3.8, 4) is 0 Å². The third kappa shape index (κ3) is 1.71. The van der Waals surface area contributed by atoms with Gasteiger partial charge in [0, 0.05) is 12.3 Å². The molecule has 1 heterocycles. The summed E-state index contributed by atoms with van der Waals surface area (Å²) in [4.78, 5) is 6.99. The second-order valence-electron chi connectivity index (χ2n) is 4.06. The van der Waals surface area contributed by atoms with Crippen LogP contribution in [0.2, 0.25) is 0 Å². The van der Waals surface area contributed by atoms with Crippen LogP contribution < -0.4 is 0 Å². The maximum Gasteiger partial charge on any atom is 0.113 e. The first kappa shape index (κ1) is 10.5. The van der Waals surface area contributed by atoms with Gasteiger partial charge < -0.3 is 0 Å². The lowest BCUT2D eigenvalue weighted by Crippen LogP contribution is -2.47. The number of nitrogens with zero attached hydrogens (tertiary/aromatic N) is 1. The molecule has 2 atom stereocenters. The molecule has 0 bridgehead atoms. The molecule has 0 aromatic heterocycles. The number of rotatable bonds is 1. The van der Waals surface area contributed by atoms with Crippen molar-refractivity contribution in [1.29, 1.82) is 0 Å². The zero-order valence-corrected chi connectivity index (χ0v) is 10.00. The fourth-order valence-corrected chi connectivity index (χ4v) is 3.49. The molecule has 0 spiro atoms. The minimum atomic E-state index is 0.533. The van der Waals surface area contributed by atoms with E-state index >= 15 is 0 Å². The van der Waals surface area contributed by atoms with Crippen LogP contribution in [0.5, 0.6) is 0 Å². The van der Waals surface area contributed by atoms with Crippen LogP contribution in [0.1, 0.15) is 32.1 Å². The number of hydrogen-bond donors (Lipinski definition) is 0. The first-order valence-electron chi connectivity index (χ1n) is 5.15. The van der Waals surface area contributed by atoms with Gasteiger partial charge >= 0.3 is 0 Å². The Morgan fingerprint density at radius 3 is 2.71 bits per heavy atom. The van der Waals surface area contributed by atoms with Crippen LogP contribution in [0.25, 0.3) is 0 Å². The molecule has 0 radical (unpaired) electrons. The first-order chi connectivity index (χ1) is 6.74. The van der Waals surface area contributed by atoms with Crippen LogP contribution in [-0.2, 0) is 4.84 Å². The first-order valence-corrected chi connectivity index (χ1v) is 5.96. The van der Waals surface area contributed by atoms with Gasteiger partial charge in [0.25, 0.3) is 0 Å². The highest BCUT2D eigenvalue weighted by Gasteiger charge is 2.38. The van der Waals surface area contributed by atoms with Crippen molar-refractivity contribution in [2.24, 2.45) is 11.8 Å². The molecule has 2 rings (SSSR count). The molecule has 2 unspecified atom stereocenters. The third-order valence-corrected chi connectivity index (χ3v) is 4.07. The highest BCUT2D eigenvalue weighted by molar-refractivity contribution is 7.81. The molecule has 2 aliphatic rings. The molecule has 1 saturated heterocycles. The Labute approximate surface area is 95.6 Å². The SMILES string of the molecule is CON1C(=S)CC2CCCCC2C1=S. The monoisotopic (exact) mass is 229 g/mol. The maximum absolute atomic E-state index is 5.41. The number of thiocarbonyl (C=S) groups is 2. The van der Waals surface area contributed by atoms with E-state index in [1.807, 2.05) is 0 Å². The van der Waals surface area contributed by atoms with Gasteiger partial charge in [-0.1, -0.05) is 37.3 Å². The average molecular weight is 229 g/mol. The fraction of sp³-hybridized carbons (Fsp3) is 0.800. The van der Waals surface area contributed by atoms with Crippen molar-refractivity contribution in [2.45, 2.75) is 32.1 Å². The van der Waals surface area contributed by atoms with E-state index < -0.39 is 0 Å². The van der Waals surface area contributed by atoms with Gasteiger partial charge in [-0.2, -0.15) is 0 Å². The lowest BCUT2D eigenvalue weighted by atomic mass is 9.75. The molecule has 14 heavy (non-hydrogen) atoms. The molecule has 2 nitrogen and oxygen atoms in total. The van der Waals surface area contributed by atoms with Crippen molar-refractivity contribution in [3.63, 3.8) is 0 Å². The molecule has 1 aliphatic carbocycles. The fourth-order valence-electron chi connectivity index (χ4n) is 2.55. The summed E-state index contributed by atoms with van der Waals surface area (Å²) in [5, 5.41) is 1.68. The van der Waals surface area contributed by atoms with Gasteiger partial charge in [0.05, 0.1) is 7.11 Å². The Kier molecular flexibility index (Phi) is 3.14. The molecule has 1 saturated carbocycles. The summed E-state index contributed by atoms with van der Waals surface area (Å²) in [6.45, 7) is 0. The molecule has 0 amide bonds. The van der Waals surface area contributed by atoms with E-state index in [0.29, 0.717) is 11.8 Å². The number of hydroxylamine groups is 2. The summed E-state index contributed by atoms with van der Waals surface area (Å²) in [6, 6.07) is 0. The molecular weight excluding hydrogens is 214 g/mol. The zero-order valence-electron chi connectivity index (χ0n) is 8.36. The second-order valence-corrected chi connectivity index (χ2v) is 4.95. The lowest BCUT2D eigenvalue weighted by molar-refractivity contribution is -0.0119. The Hall–Kier alpha value is -0.0600. The summed E-state index contributed by atoms with van der Waals surface area (Å²) in [6.07, 6.45) is 6.10. The summed E-state index contributed by atoms with van der Waals surface area (Å²) in [5.41, 5.74) is 0.